The van der Waals surface area contributed by atoms with Gasteiger partial charge >= 0.3 is 0 Å². The first kappa shape index (κ1) is 25.0. The zero-order valence-electron chi connectivity index (χ0n) is 19.0. The van der Waals surface area contributed by atoms with Crippen molar-refractivity contribution < 1.29 is 4.48 Å². The summed E-state index contributed by atoms with van der Waals surface area (Å²) in [6, 6.07) is 0. The summed E-state index contributed by atoms with van der Waals surface area (Å²) in [4.78, 5) is 0. The SMILES string of the molecule is CCCCCCCCCCCCCCCCCC[N+](C)(C)C(C)(C)C. The molecule has 0 spiro atoms. The van der Waals surface area contributed by atoms with Crippen LogP contribution in [-0.4, -0.2) is 30.7 Å². The maximum Gasteiger partial charge on any atom is 0.0903 e. The molecule has 0 aromatic rings. The van der Waals surface area contributed by atoms with E-state index in [1.807, 2.05) is 0 Å². The second-order valence-electron chi connectivity index (χ2n) is 9.88. The number of nitrogens with zero attached hydrogens (tertiary/aromatic N) is 1. The van der Waals surface area contributed by atoms with Crippen LogP contribution in [0.1, 0.15) is 130 Å². The first-order chi connectivity index (χ1) is 11.8. The summed E-state index contributed by atoms with van der Waals surface area (Å²) < 4.78 is 1.14. The van der Waals surface area contributed by atoms with E-state index in [0.717, 1.165) is 4.48 Å². The molecule has 0 atom stereocenters. The molecule has 0 saturated heterocycles. The second kappa shape index (κ2) is 15.1. The minimum Gasteiger partial charge on any atom is -0.324 e. The summed E-state index contributed by atoms with van der Waals surface area (Å²) in [5, 5.41) is 0. The molecule has 0 saturated carbocycles. The normalized spacial score (nSPS) is 12.7. The average molecular weight is 355 g/mol. The van der Waals surface area contributed by atoms with E-state index in [4.69, 9.17) is 0 Å². The summed E-state index contributed by atoms with van der Waals surface area (Å²) in [5.74, 6) is 0. The molecule has 1 nitrogen and oxygen atoms in total. The standard InChI is InChI=1S/C24H52N/c1-7-8-9-10-11-12-13-14-15-16-17-18-19-20-21-22-23-25(5,6)24(2,3)4/h7-23H2,1-6H3/q+1. The summed E-state index contributed by atoms with van der Waals surface area (Å²) in [6.45, 7) is 10.7. The lowest BCUT2D eigenvalue weighted by atomic mass is 10.0. The number of hydrogen-bond acceptors (Lipinski definition) is 0. The van der Waals surface area contributed by atoms with E-state index < -0.39 is 0 Å². The van der Waals surface area contributed by atoms with Gasteiger partial charge in [0.25, 0.3) is 0 Å². The molecule has 0 heterocycles. The van der Waals surface area contributed by atoms with Gasteiger partial charge in [-0.1, -0.05) is 96.8 Å². The Kier molecular flexibility index (Phi) is 15.0. The molecule has 0 bridgehead atoms. The fourth-order valence-electron chi connectivity index (χ4n) is 3.39. The van der Waals surface area contributed by atoms with Gasteiger partial charge in [0.1, 0.15) is 0 Å². The molecule has 1 heteroatoms. The highest BCUT2D eigenvalue weighted by molar-refractivity contribution is 4.60. The molecule has 0 aromatic carbocycles. The highest BCUT2D eigenvalue weighted by Gasteiger charge is 2.30. The van der Waals surface area contributed by atoms with Crippen LogP contribution >= 0.6 is 0 Å². The predicted octanol–water partition coefficient (Wildman–Crippen LogP) is 8.12. The third-order valence-corrected chi connectivity index (χ3v) is 6.39. The Hall–Kier alpha value is -0.0400. The second-order valence-corrected chi connectivity index (χ2v) is 9.88. The van der Waals surface area contributed by atoms with Crippen molar-refractivity contribution in [1.29, 1.82) is 0 Å². The maximum atomic E-state index is 2.38. The first-order valence-electron chi connectivity index (χ1n) is 11.6. The van der Waals surface area contributed by atoms with Gasteiger partial charge in [0.2, 0.25) is 0 Å². The Morgan fingerprint density at radius 3 is 1.04 bits per heavy atom. The van der Waals surface area contributed by atoms with Crippen molar-refractivity contribution in [2.45, 2.75) is 136 Å². The van der Waals surface area contributed by atoms with Crippen LogP contribution in [0.4, 0.5) is 0 Å². The summed E-state index contributed by atoms with van der Waals surface area (Å²) in [6.07, 6.45) is 23.3. The van der Waals surface area contributed by atoms with Gasteiger partial charge in [0, 0.05) is 0 Å². The predicted molar refractivity (Wildman–Crippen MR) is 116 cm³/mol. The van der Waals surface area contributed by atoms with E-state index in [0.29, 0.717) is 5.54 Å². The van der Waals surface area contributed by atoms with Crippen LogP contribution in [0.3, 0.4) is 0 Å². The molecule has 0 amide bonds. The van der Waals surface area contributed by atoms with Crippen molar-refractivity contribution in [3.8, 4) is 0 Å². The molecule has 0 aliphatic heterocycles. The van der Waals surface area contributed by atoms with Crippen LogP contribution in [0.5, 0.6) is 0 Å². The smallest absolute Gasteiger partial charge is 0.0903 e. The van der Waals surface area contributed by atoms with Crippen molar-refractivity contribution in [3.05, 3.63) is 0 Å². The van der Waals surface area contributed by atoms with E-state index in [1.165, 1.54) is 109 Å². The maximum absolute atomic E-state index is 2.38. The van der Waals surface area contributed by atoms with E-state index in [1.54, 1.807) is 0 Å². The first-order valence-corrected chi connectivity index (χ1v) is 11.6. The Bertz CT molecular complexity index is 274. The van der Waals surface area contributed by atoms with Crippen LogP contribution in [0.2, 0.25) is 0 Å². The van der Waals surface area contributed by atoms with Crippen LogP contribution < -0.4 is 0 Å². The van der Waals surface area contributed by atoms with Crippen molar-refractivity contribution >= 4 is 0 Å². The third kappa shape index (κ3) is 14.8. The average Bonchev–Trinajstić information content (AvgIpc) is 2.53. The van der Waals surface area contributed by atoms with E-state index in [-0.39, 0.29) is 0 Å². The van der Waals surface area contributed by atoms with Crippen LogP contribution in [0.15, 0.2) is 0 Å². The van der Waals surface area contributed by atoms with Crippen molar-refractivity contribution in [3.63, 3.8) is 0 Å². The number of rotatable bonds is 17. The van der Waals surface area contributed by atoms with Gasteiger partial charge < -0.3 is 4.48 Å². The van der Waals surface area contributed by atoms with E-state index in [2.05, 4.69) is 41.8 Å². The Balaban J connectivity index is 3.22. The molecule has 0 aliphatic carbocycles. The van der Waals surface area contributed by atoms with E-state index >= 15 is 0 Å². The zero-order chi connectivity index (χ0) is 19.0. The summed E-state index contributed by atoms with van der Waals surface area (Å²) in [5.41, 5.74) is 0.371. The number of unbranched alkanes of at least 4 members (excludes halogenated alkanes) is 15. The molecule has 0 radical (unpaired) electrons. The Morgan fingerprint density at radius 1 is 0.480 bits per heavy atom. The zero-order valence-corrected chi connectivity index (χ0v) is 19.0. The largest absolute Gasteiger partial charge is 0.324 e. The number of hydrogen-bond donors (Lipinski definition) is 0. The van der Waals surface area contributed by atoms with E-state index in [9.17, 15) is 0 Å². The fraction of sp³-hybridized carbons (Fsp3) is 1.00. The lowest BCUT2D eigenvalue weighted by molar-refractivity contribution is -0.935. The molecule has 0 unspecified atom stereocenters. The minimum atomic E-state index is 0.371. The highest BCUT2D eigenvalue weighted by Crippen LogP contribution is 2.20. The Labute approximate surface area is 161 Å². The van der Waals surface area contributed by atoms with Crippen LogP contribution in [0, 0.1) is 0 Å². The Morgan fingerprint density at radius 2 is 0.760 bits per heavy atom. The summed E-state index contributed by atoms with van der Waals surface area (Å²) >= 11 is 0. The third-order valence-electron chi connectivity index (χ3n) is 6.39. The monoisotopic (exact) mass is 354 g/mol. The lowest BCUT2D eigenvalue weighted by Crippen LogP contribution is -2.54. The van der Waals surface area contributed by atoms with Gasteiger partial charge in [-0.2, -0.15) is 0 Å². The topological polar surface area (TPSA) is 0 Å². The quantitative estimate of drug-likeness (QED) is 0.183. The molecule has 25 heavy (non-hydrogen) atoms. The van der Waals surface area contributed by atoms with Crippen LogP contribution in [-0.2, 0) is 0 Å². The molecule has 0 N–H and O–H groups in total. The van der Waals surface area contributed by atoms with Gasteiger partial charge in [0.05, 0.1) is 26.2 Å². The van der Waals surface area contributed by atoms with Crippen molar-refractivity contribution in [1.82, 2.24) is 0 Å². The number of quaternary nitrogens is 1. The fourth-order valence-corrected chi connectivity index (χ4v) is 3.39. The highest BCUT2D eigenvalue weighted by atomic mass is 15.4. The molecule has 0 fully saturated rings. The van der Waals surface area contributed by atoms with Gasteiger partial charge in [-0.3, -0.25) is 0 Å². The molecular weight excluding hydrogens is 302 g/mol. The minimum absolute atomic E-state index is 0.371. The lowest BCUT2D eigenvalue weighted by Gasteiger charge is -2.42. The molecule has 0 aliphatic rings. The van der Waals surface area contributed by atoms with Crippen molar-refractivity contribution in [2.24, 2.45) is 0 Å². The molecule has 152 valence electrons. The molecule has 0 aromatic heterocycles. The van der Waals surface area contributed by atoms with Gasteiger partial charge in [-0.05, 0) is 33.6 Å². The van der Waals surface area contributed by atoms with Crippen LogP contribution in [0.25, 0.3) is 0 Å². The van der Waals surface area contributed by atoms with Gasteiger partial charge in [-0.25, -0.2) is 0 Å². The summed E-state index contributed by atoms with van der Waals surface area (Å²) in [7, 11) is 4.76. The van der Waals surface area contributed by atoms with Crippen molar-refractivity contribution in [2.75, 3.05) is 20.6 Å². The molecular formula is C24H52N+. The molecule has 0 rings (SSSR count). The van der Waals surface area contributed by atoms with Gasteiger partial charge in [-0.15, -0.1) is 0 Å². The van der Waals surface area contributed by atoms with Gasteiger partial charge in [0.15, 0.2) is 0 Å².